The minimum Gasteiger partial charge on any atom is -0.382 e. The van der Waals surface area contributed by atoms with Gasteiger partial charge in [-0.15, -0.1) is 0 Å². The lowest BCUT2D eigenvalue weighted by Gasteiger charge is -2.31. The van der Waals surface area contributed by atoms with Gasteiger partial charge in [-0.2, -0.15) is 0 Å². The first-order valence-electron chi connectivity index (χ1n) is 10.7. The number of ether oxygens (including phenoxy) is 1. The number of carbonyl (C=O) groups excluding carboxylic acids is 2. The predicted octanol–water partition coefficient (Wildman–Crippen LogP) is 4.29. The van der Waals surface area contributed by atoms with E-state index < -0.39 is 5.54 Å². The van der Waals surface area contributed by atoms with Gasteiger partial charge in [-0.3, -0.25) is 9.59 Å². The number of benzene rings is 2. The second-order valence-corrected chi connectivity index (χ2v) is 8.57. The molecule has 0 unspecified atom stereocenters. The maximum atomic E-state index is 14.0. The lowest BCUT2D eigenvalue weighted by atomic mass is 9.95. The van der Waals surface area contributed by atoms with Crippen molar-refractivity contribution < 1.29 is 23.1 Å². The van der Waals surface area contributed by atoms with E-state index in [1.54, 1.807) is 57.2 Å². The predicted molar refractivity (Wildman–Crippen MR) is 120 cm³/mol. The van der Waals surface area contributed by atoms with Crippen LogP contribution in [0.4, 0.5) is 8.78 Å². The third-order valence-corrected chi connectivity index (χ3v) is 5.44. The standard InChI is InChI=1S/C25H32F2N2O3/c1-17(19-9-5-7-11-21(19)26)13-23(30)28-15-25(3,16-32-4)29-24(31)14-18(2)20-10-6-8-12-22(20)27/h5-12,17-18H,13-16H2,1-4H3,(H,28,30)(H,29,31)/t17-,18-,25-/m0/s1. The molecule has 0 bridgehead atoms. The number of rotatable bonds is 11. The molecule has 0 fully saturated rings. The van der Waals surface area contributed by atoms with Crippen molar-refractivity contribution in [3.8, 4) is 0 Å². The Bertz CT molecular complexity index is 922. The fourth-order valence-corrected chi connectivity index (χ4v) is 3.73. The van der Waals surface area contributed by atoms with Gasteiger partial charge in [-0.05, 0) is 42.0 Å². The van der Waals surface area contributed by atoms with Crippen LogP contribution in [0.3, 0.4) is 0 Å². The Morgan fingerprint density at radius 3 is 1.84 bits per heavy atom. The molecule has 2 rings (SSSR count). The Morgan fingerprint density at radius 2 is 1.38 bits per heavy atom. The van der Waals surface area contributed by atoms with Gasteiger partial charge in [0.1, 0.15) is 11.6 Å². The molecule has 2 N–H and O–H groups in total. The van der Waals surface area contributed by atoms with E-state index in [1.807, 2.05) is 0 Å². The fraction of sp³-hybridized carbons (Fsp3) is 0.440. The summed E-state index contributed by atoms with van der Waals surface area (Å²) in [6, 6.07) is 12.8. The van der Waals surface area contributed by atoms with Crippen molar-refractivity contribution in [1.29, 1.82) is 0 Å². The van der Waals surface area contributed by atoms with E-state index in [9.17, 15) is 18.4 Å². The van der Waals surface area contributed by atoms with E-state index >= 15 is 0 Å². The van der Waals surface area contributed by atoms with Gasteiger partial charge in [0.15, 0.2) is 0 Å². The van der Waals surface area contributed by atoms with Crippen LogP contribution in [0.25, 0.3) is 0 Å². The van der Waals surface area contributed by atoms with Gasteiger partial charge in [0.05, 0.1) is 12.1 Å². The molecule has 174 valence electrons. The average Bonchev–Trinajstić information content (AvgIpc) is 2.73. The van der Waals surface area contributed by atoms with Crippen molar-refractivity contribution >= 4 is 11.8 Å². The van der Waals surface area contributed by atoms with E-state index in [-0.39, 0.29) is 61.3 Å². The van der Waals surface area contributed by atoms with Crippen LogP contribution in [0.2, 0.25) is 0 Å². The molecule has 32 heavy (non-hydrogen) atoms. The number of hydrogen-bond acceptors (Lipinski definition) is 3. The first kappa shape index (κ1) is 25.5. The van der Waals surface area contributed by atoms with Crippen molar-refractivity contribution in [3.63, 3.8) is 0 Å². The molecule has 0 aromatic heterocycles. The zero-order valence-electron chi connectivity index (χ0n) is 19.1. The first-order valence-corrected chi connectivity index (χ1v) is 10.7. The summed E-state index contributed by atoms with van der Waals surface area (Å²) >= 11 is 0. The summed E-state index contributed by atoms with van der Waals surface area (Å²) in [5.74, 6) is -1.80. The minimum atomic E-state index is -0.850. The number of hydrogen-bond donors (Lipinski definition) is 2. The molecule has 0 saturated carbocycles. The largest absolute Gasteiger partial charge is 0.382 e. The summed E-state index contributed by atoms with van der Waals surface area (Å²) < 4.78 is 33.2. The molecular weight excluding hydrogens is 414 g/mol. The van der Waals surface area contributed by atoms with E-state index in [1.165, 1.54) is 19.2 Å². The lowest BCUT2D eigenvalue weighted by Crippen LogP contribution is -2.56. The van der Waals surface area contributed by atoms with Crippen LogP contribution >= 0.6 is 0 Å². The van der Waals surface area contributed by atoms with Crippen molar-refractivity contribution in [1.82, 2.24) is 10.6 Å². The Balaban J connectivity index is 1.93. The van der Waals surface area contributed by atoms with Gasteiger partial charge in [0, 0.05) is 26.5 Å². The molecule has 5 nitrogen and oxygen atoms in total. The zero-order valence-corrected chi connectivity index (χ0v) is 19.1. The summed E-state index contributed by atoms with van der Waals surface area (Å²) in [5.41, 5.74) is 0.113. The molecule has 0 spiro atoms. The molecule has 0 heterocycles. The van der Waals surface area contributed by atoms with Crippen molar-refractivity contribution in [2.24, 2.45) is 0 Å². The zero-order chi connectivity index (χ0) is 23.7. The van der Waals surface area contributed by atoms with Crippen LogP contribution in [-0.2, 0) is 14.3 Å². The average molecular weight is 447 g/mol. The Morgan fingerprint density at radius 1 is 0.906 bits per heavy atom. The summed E-state index contributed by atoms with van der Waals surface area (Å²) in [6.07, 6.45) is 0.209. The highest BCUT2D eigenvalue weighted by Gasteiger charge is 2.28. The molecule has 7 heteroatoms. The van der Waals surface area contributed by atoms with E-state index in [2.05, 4.69) is 10.6 Å². The lowest BCUT2D eigenvalue weighted by molar-refractivity contribution is -0.125. The molecule has 0 aliphatic heterocycles. The highest BCUT2D eigenvalue weighted by molar-refractivity contribution is 5.79. The van der Waals surface area contributed by atoms with Gasteiger partial charge in [0.2, 0.25) is 11.8 Å². The molecule has 0 aliphatic carbocycles. The molecular formula is C25H32F2N2O3. The van der Waals surface area contributed by atoms with E-state index in [0.717, 1.165) is 0 Å². The summed E-state index contributed by atoms with van der Waals surface area (Å²) in [4.78, 5) is 25.1. The van der Waals surface area contributed by atoms with Crippen LogP contribution in [0, 0.1) is 11.6 Å². The SMILES string of the molecule is COC[C@](C)(CNC(=O)C[C@H](C)c1ccccc1F)NC(=O)C[C@H](C)c1ccccc1F. The maximum Gasteiger partial charge on any atom is 0.221 e. The molecule has 0 saturated heterocycles. The number of nitrogens with one attached hydrogen (secondary N) is 2. The Hall–Kier alpha value is -2.80. The third-order valence-electron chi connectivity index (χ3n) is 5.44. The molecule has 3 atom stereocenters. The number of amides is 2. The van der Waals surface area contributed by atoms with Crippen molar-refractivity contribution in [2.75, 3.05) is 20.3 Å². The summed E-state index contributed by atoms with van der Waals surface area (Å²) in [6.45, 7) is 5.66. The topological polar surface area (TPSA) is 67.4 Å². The number of carbonyl (C=O) groups is 2. The second-order valence-electron chi connectivity index (χ2n) is 8.57. The monoisotopic (exact) mass is 446 g/mol. The summed E-state index contributed by atoms with van der Waals surface area (Å²) in [5, 5.41) is 5.71. The smallest absolute Gasteiger partial charge is 0.221 e. The maximum absolute atomic E-state index is 14.0. The quantitative estimate of drug-likeness (QED) is 0.541. The summed E-state index contributed by atoms with van der Waals surface area (Å²) in [7, 11) is 1.51. The molecule has 2 amide bonds. The Kier molecular flexibility index (Phi) is 9.32. The second kappa shape index (κ2) is 11.7. The van der Waals surface area contributed by atoms with Crippen LogP contribution in [0.15, 0.2) is 48.5 Å². The number of methoxy groups -OCH3 is 1. The van der Waals surface area contributed by atoms with E-state index in [0.29, 0.717) is 11.1 Å². The minimum absolute atomic E-state index is 0.0957. The van der Waals surface area contributed by atoms with Crippen molar-refractivity contribution in [3.05, 3.63) is 71.3 Å². The van der Waals surface area contributed by atoms with Crippen molar-refractivity contribution in [2.45, 2.75) is 51.0 Å². The van der Waals surface area contributed by atoms with Gasteiger partial charge in [0.25, 0.3) is 0 Å². The molecule has 0 aliphatic rings. The highest BCUT2D eigenvalue weighted by Crippen LogP contribution is 2.23. The van der Waals surface area contributed by atoms with Crippen LogP contribution in [0.5, 0.6) is 0 Å². The third kappa shape index (κ3) is 7.41. The van der Waals surface area contributed by atoms with Crippen LogP contribution < -0.4 is 10.6 Å². The highest BCUT2D eigenvalue weighted by atomic mass is 19.1. The molecule has 0 radical (unpaired) electrons. The Labute approximate surface area is 188 Å². The van der Waals surface area contributed by atoms with Crippen LogP contribution in [0.1, 0.15) is 56.6 Å². The molecule has 2 aromatic carbocycles. The van der Waals surface area contributed by atoms with Crippen LogP contribution in [-0.4, -0.2) is 37.6 Å². The van der Waals surface area contributed by atoms with E-state index in [4.69, 9.17) is 4.74 Å². The van der Waals surface area contributed by atoms with Gasteiger partial charge >= 0.3 is 0 Å². The van der Waals surface area contributed by atoms with Gasteiger partial charge in [-0.1, -0.05) is 50.2 Å². The van der Waals surface area contributed by atoms with Gasteiger partial charge in [-0.25, -0.2) is 8.78 Å². The van der Waals surface area contributed by atoms with Gasteiger partial charge < -0.3 is 15.4 Å². The number of halogens is 2. The normalized spacial score (nSPS) is 14.8. The molecule has 2 aromatic rings. The fourth-order valence-electron chi connectivity index (χ4n) is 3.73. The first-order chi connectivity index (χ1) is 15.1.